The smallest absolute Gasteiger partial charge is 0.217 e. The van der Waals surface area contributed by atoms with Crippen LogP contribution in [-0.4, -0.2) is 16.7 Å². The van der Waals surface area contributed by atoms with Gasteiger partial charge in [-0.05, 0) is 30.5 Å². The first-order valence-electron chi connectivity index (χ1n) is 7.74. The normalized spacial score (nSPS) is 12.1. The van der Waals surface area contributed by atoms with Gasteiger partial charge in [-0.2, -0.15) is 0 Å². The summed E-state index contributed by atoms with van der Waals surface area (Å²) in [6.07, 6.45) is 2.72. The largest absolute Gasteiger partial charge is 0.477 e. The number of aromatic nitrogens is 1. The van der Waals surface area contributed by atoms with Gasteiger partial charge in [-0.1, -0.05) is 37.3 Å². The van der Waals surface area contributed by atoms with Crippen molar-refractivity contribution in [3.63, 3.8) is 0 Å². The van der Waals surface area contributed by atoms with Crippen molar-refractivity contribution in [1.82, 2.24) is 10.3 Å². The van der Waals surface area contributed by atoms with E-state index in [9.17, 15) is 5.11 Å². The van der Waals surface area contributed by atoms with Crippen molar-refractivity contribution in [3.8, 4) is 5.88 Å². The first kappa shape index (κ1) is 16.5. The van der Waals surface area contributed by atoms with Crippen LogP contribution in [0.3, 0.4) is 0 Å². The maximum atomic E-state index is 9.23. The summed E-state index contributed by atoms with van der Waals surface area (Å²) < 4.78 is 5.68. The number of pyridine rings is 1. The van der Waals surface area contributed by atoms with E-state index >= 15 is 0 Å². The van der Waals surface area contributed by atoms with Crippen LogP contribution in [0, 0.1) is 0 Å². The summed E-state index contributed by atoms with van der Waals surface area (Å²) in [5.74, 6) is 0.702. The lowest BCUT2D eigenvalue weighted by Gasteiger charge is -2.16. The molecule has 0 fully saturated rings. The number of ether oxygens (including phenoxy) is 1. The fourth-order valence-electron chi connectivity index (χ4n) is 2.23. The standard InChI is InChI=1S/C18H24N2O2/c1-3-10-22-18-17(8-5-9-19-18)12-20-14(2)16-7-4-6-15(11-16)13-21/h4-9,11,14,20-21H,3,10,12-13H2,1-2H3. The Balaban J connectivity index is 2.00. The van der Waals surface area contributed by atoms with E-state index in [1.807, 2.05) is 30.3 Å². The summed E-state index contributed by atoms with van der Waals surface area (Å²) in [5, 5.41) is 12.7. The molecule has 2 N–H and O–H groups in total. The third kappa shape index (κ3) is 4.55. The van der Waals surface area contributed by atoms with Gasteiger partial charge in [0.25, 0.3) is 0 Å². The average Bonchev–Trinajstić information content (AvgIpc) is 2.58. The van der Waals surface area contributed by atoms with Crippen LogP contribution < -0.4 is 10.1 Å². The van der Waals surface area contributed by atoms with E-state index in [2.05, 4.69) is 30.2 Å². The van der Waals surface area contributed by atoms with Crippen molar-refractivity contribution in [3.05, 3.63) is 59.3 Å². The van der Waals surface area contributed by atoms with Gasteiger partial charge in [0, 0.05) is 24.3 Å². The summed E-state index contributed by atoms with van der Waals surface area (Å²) in [6.45, 7) is 5.63. The monoisotopic (exact) mass is 300 g/mol. The Morgan fingerprint density at radius 1 is 1.27 bits per heavy atom. The van der Waals surface area contributed by atoms with E-state index in [1.165, 1.54) is 0 Å². The van der Waals surface area contributed by atoms with Gasteiger partial charge in [0.05, 0.1) is 13.2 Å². The van der Waals surface area contributed by atoms with Gasteiger partial charge >= 0.3 is 0 Å². The van der Waals surface area contributed by atoms with E-state index in [0.29, 0.717) is 19.0 Å². The van der Waals surface area contributed by atoms with Crippen molar-refractivity contribution in [2.45, 2.75) is 39.5 Å². The van der Waals surface area contributed by atoms with E-state index in [0.717, 1.165) is 23.1 Å². The SMILES string of the molecule is CCCOc1ncccc1CNC(C)c1cccc(CO)c1. The average molecular weight is 300 g/mol. The van der Waals surface area contributed by atoms with E-state index in [4.69, 9.17) is 4.74 Å². The molecule has 1 heterocycles. The molecule has 0 amide bonds. The van der Waals surface area contributed by atoms with E-state index in [1.54, 1.807) is 6.20 Å². The molecule has 0 aliphatic rings. The van der Waals surface area contributed by atoms with E-state index < -0.39 is 0 Å². The van der Waals surface area contributed by atoms with Crippen LogP contribution in [0.15, 0.2) is 42.6 Å². The second-order valence-corrected chi connectivity index (χ2v) is 5.32. The number of aliphatic hydroxyl groups is 1. The molecule has 1 atom stereocenters. The predicted octanol–water partition coefficient (Wildman–Crippen LogP) is 3.21. The lowest BCUT2D eigenvalue weighted by molar-refractivity contribution is 0.281. The molecule has 4 nitrogen and oxygen atoms in total. The second-order valence-electron chi connectivity index (χ2n) is 5.32. The van der Waals surface area contributed by atoms with Crippen LogP contribution in [0.1, 0.15) is 43.0 Å². The molecule has 0 spiro atoms. The molecule has 2 aromatic rings. The quantitative estimate of drug-likeness (QED) is 0.786. The molecule has 4 heteroatoms. The van der Waals surface area contributed by atoms with Crippen molar-refractivity contribution in [1.29, 1.82) is 0 Å². The molecule has 0 aliphatic heterocycles. The zero-order chi connectivity index (χ0) is 15.8. The molecule has 2 rings (SSSR count). The topological polar surface area (TPSA) is 54.4 Å². The predicted molar refractivity (Wildman–Crippen MR) is 87.6 cm³/mol. The minimum Gasteiger partial charge on any atom is -0.477 e. The highest BCUT2D eigenvalue weighted by Gasteiger charge is 2.09. The molecule has 1 unspecified atom stereocenters. The maximum absolute atomic E-state index is 9.23. The summed E-state index contributed by atoms with van der Waals surface area (Å²) in [5.41, 5.74) is 3.15. The van der Waals surface area contributed by atoms with Crippen molar-refractivity contribution < 1.29 is 9.84 Å². The summed E-state index contributed by atoms with van der Waals surface area (Å²) in [4.78, 5) is 4.30. The minimum atomic E-state index is 0.0676. The van der Waals surface area contributed by atoms with Gasteiger partial charge in [0.1, 0.15) is 0 Å². The van der Waals surface area contributed by atoms with Gasteiger partial charge in [0.15, 0.2) is 0 Å². The number of aliphatic hydroxyl groups excluding tert-OH is 1. The lowest BCUT2D eigenvalue weighted by Crippen LogP contribution is -2.19. The first-order valence-corrected chi connectivity index (χ1v) is 7.74. The zero-order valence-corrected chi connectivity index (χ0v) is 13.2. The number of nitrogens with one attached hydrogen (secondary N) is 1. The highest BCUT2D eigenvalue weighted by atomic mass is 16.5. The lowest BCUT2D eigenvalue weighted by atomic mass is 10.1. The molecule has 22 heavy (non-hydrogen) atoms. The third-order valence-electron chi connectivity index (χ3n) is 3.53. The van der Waals surface area contributed by atoms with Crippen molar-refractivity contribution in [2.75, 3.05) is 6.61 Å². The van der Waals surface area contributed by atoms with Crippen LogP contribution in [-0.2, 0) is 13.2 Å². The highest BCUT2D eigenvalue weighted by molar-refractivity contribution is 5.27. The van der Waals surface area contributed by atoms with Gasteiger partial charge in [-0.25, -0.2) is 4.98 Å². The molecule has 0 saturated heterocycles. The molecule has 0 bridgehead atoms. The number of nitrogens with zero attached hydrogens (tertiary/aromatic N) is 1. The molecule has 0 radical (unpaired) electrons. The van der Waals surface area contributed by atoms with E-state index in [-0.39, 0.29) is 12.6 Å². The number of benzene rings is 1. The Morgan fingerprint density at radius 2 is 2.14 bits per heavy atom. The van der Waals surface area contributed by atoms with Gasteiger partial charge in [-0.3, -0.25) is 0 Å². The number of hydrogen-bond acceptors (Lipinski definition) is 4. The maximum Gasteiger partial charge on any atom is 0.217 e. The van der Waals surface area contributed by atoms with Crippen LogP contribution in [0.25, 0.3) is 0 Å². The number of rotatable bonds is 8. The molecular weight excluding hydrogens is 276 g/mol. The Morgan fingerprint density at radius 3 is 2.91 bits per heavy atom. The fourth-order valence-corrected chi connectivity index (χ4v) is 2.23. The summed E-state index contributed by atoms with van der Waals surface area (Å²) in [6, 6.07) is 12.1. The molecule has 1 aromatic heterocycles. The van der Waals surface area contributed by atoms with Crippen LogP contribution in [0.2, 0.25) is 0 Å². The minimum absolute atomic E-state index is 0.0676. The van der Waals surface area contributed by atoms with Crippen molar-refractivity contribution >= 4 is 0 Å². The van der Waals surface area contributed by atoms with Crippen LogP contribution in [0.5, 0.6) is 5.88 Å². The van der Waals surface area contributed by atoms with Crippen LogP contribution in [0.4, 0.5) is 0 Å². The van der Waals surface area contributed by atoms with Crippen molar-refractivity contribution in [2.24, 2.45) is 0 Å². The molecule has 0 saturated carbocycles. The number of hydrogen-bond donors (Lipinski definition) is 2. The molecule has 118 valence electrons. The third-order valence-corrected chi connectivity index (χ3v) is 3.53. The Kier molecular flexibility index (Phi) is 6.37. The summed E-state index contributed by atoms with van der Waals surface area (Å²) >= 11 is 0. The fraction of sp³-hybridized carbons (Fsp3) is 0.389. The Hall–Kier alpha value is -1.91. The molecule has 1 aromatic carbocycles. The molecular formula is C18H24N2O2. The van der Waals surface area contributed by atoms with Gasteiger partial charge < -0.3 is 15.2 Å². The Labute approximate surface area is 132 Å². The van der Waals surface area contributed by atoms with Gasteiger partial charge in [-0.15, -0.1) is 0 Å². The first-order chi connectivity index (χ1) is 10.7. The molecule has 0 aliphatic carbocycles. The Bertz CT molecular complexity index is 587. The van der Waals surface area contributed by atoms with Gasteiger partial charge in [0.2, 0.25) is 5.88 Å². The zero-order valence-electron chi connectivity index (χ0n) is 13.2. The highest BCUT2D eigenvalue weighted by Crippen LogP contribution is 2.18. The summed E-state index contributed by atoms with van der Waals surface area (Å²) in [7, 11) is 0. The second kappa shape index (κ2) is 8.51. The van der Waals surface area contributed by atoms with Crippen LogP contribution >= 0.6 is 0 Å².